The molecule has 6 heteroatoms. The maximum absolute atomic E-state index is 13.8. The van der Waals surface area contributed by atoms with Crippen LogP contribution < -0.4 is 4.90 Å². The summed E-state index contributed by atoms with van der Waals surface area (Å²) in [5.74, 6) is -0.373. The van der Waals surface area contributed by atoms with Crippen molar-refractivity contribution in [2.75, 3.05) is 11.4 Å². The maximum Gasteiger partial charge on any atom is 0.226 e. The average Bonchev–Trinajstić information content (AvgIpc) is 2.99. The van der Waals surface area contributed by atoms with E-state index in [9.17, 15) is 8.78 Å². The van der Waals surface area contributed by atoms with E-state index in [-0.39, 0.29) is 6.04 Å². The summed E-state index contributed by atoms with van der Waals surface area (Å²) < 4.78 is 27.1. The Hall–Kier alpha value is -2.55. The number of anilines is 1. The van der Waals surface area contributed by atoms with Gasteiger partial charge < -0.3 is 4.90 Å². The molecule has 1 atom stereocenters. The highest BCUT2D eigenvalue weighted by molar-refractivity contribution is 5.37. The molecule has 1 aliphatic heterocycles. The van der Waals surface area contributed by atoms with Gasteiger partial charge in [0.05, 0.1) is 0 Å². The highest BCUT2D eigenvalue weighted by Gasteiger charge is 2.27. The third kappa shape index (κ3) is 2.89. The Morgan fingerprint density at radius 2 is 2.18 bits per heavy atom. The van der Waals surface area contributed by atoms with Gasteiger partial charge in [-0.1, -0.05) is 0 Å². The lowest BCUT2D eigenvalue weighted by atomic mass is 10.0. The van der Waals surface area contributed by atoms with Crippen molar-refractivity contribution in [3.8, 4) is 6.07 Å². The molecule has 0 amide bonds. The molecule has 0 unspecified atom stereocenters. The Balaban J connectivity index is 1.84. The van der Waals surface area contributed by atoms with Crippen LogP contribution in [0.4, 0.5) is 14.7 Å². The number of rotatable bonds is 3. The molecule has 0 bridgehead atoms. The molecule has 3 rings (SSSR count). The van der Waals surface area contributed by atoms with Gasteiger partial charge in [-0.25, -0.2) is 18.7 Å². The zero-order valence-electron chi connectivity index (χ0n) is 11.8. The molecular weight excluding hydrogens is 286 g/mol. The first-order valence-corrected chi connectivity index (χ1v) is 7.11. The first kappa shape index (κ1) is 14.4. The van der Waals surface area contributed by atoms with Crippen molar-refractivity contribution in [3.05, 3.63) is 53.4 Å². The zero-order chi connectivity index (χ0) is 15.5. The number of hydrogen-bond donors (Lipinski definition) is 0. The van der Waals surface area contributed by atoms with Crippen LogP contribution in [0.2, 0.25) is 0 Å². The van der Waals surface area contributed by atoms with Gasteiger partial charge in [0, 0.05) is 18.8 Å². The minimum absolute atomic E-state index is 0.00485. The molecule has 2 aromatic rings. The fourth-order valence-corrected chi connectivity index (χ4v) is 2.81. The number of aromatic nitrogens is 2. The van der Waals surface area contributed by atoms with Gasteiger partial charge >= 0.3 is 0 Å². The van der Waals surface area contributed by atoms with Crippen LogP contribution in [0.25, 0.3) is 0 Å². The Morgan fingerprint density at radius 1 is 1.32 bits per heavy atom. The van der Waals surface area contributed by atoms with E-state index in [1.165, 1.54) is 6.07 Å². The standard InChI is InChI=1S/C16H14F2N4/c17-12-3-4-15(18)11(8-12)9-14-2-1-7-22(14)16-20-6-5-13(10-19)21-16/h3-6,8,14H,1-2,7,9H2/t14-/m0/s1. The number of hydrogen-bond acceptors (Lipinski definition) is 4. The average molecular weight is 300 g/mol. The van der Waals surface area contributed by atoms with E-state index < -0.39 is 11.6 Å². The molecule has 112 valence electrons. The van der Waals surface area contributed by atoms with Gasteiger partial charge in [-0.05, 0) is 49.1 Å². The number of nitrogens with zero attached hydrogens (tertiary/aromatic N) is 4. The Bertz CT molecular complexity index is 726. The van der Waals surface area contributed by atoms with Crippen LogP contribution in [0.15, 0.2) is 30.5 Å². The minimum atomic E-state index is -0.441. The number of halogens is 2. The van der Waals surface area contributed by atoms with E-state index in [4.69, 9.17) is 5.26 Å². The molecule has 0 spiro atoms. The topological polar surface area (TPSA) is 52.8 Å². The van der Waals surface area contributed by atoms with Gasteiger partial charge in [0.1, 0.15) is 23.4 Å². The molecule has 4 nitrogen and oxygen atoms in total. The van der Waals surface area contributed by atoms with Crippen molar-refractivity contribution in [2.45, 2.75) is 25.3 Å². The van der Waals surface area contributed by atoms with Gasteiger partial charge in [-0.2, -0.15) is 5.26 Å². The molecule has 1 fully saturated rings. The molecule has 1 aromatic carbocycles. The molecule has 0 N–H and O–H groups in total. The molecule has 22 heavy (non-hydrogen) atoms. The molecule has 0 radical (unpaired) electrons. The molecule has 0 aliphatic carbocycles. The van der Waals surface area contributed by atoms with Gasteiger partial charge in [0.25, 0.3) is 0 Å². The second kappa shape index (κ2) is 6.06. The fraction of sp³-hybridized carbons (Fsp3) is 0.312. The summed E-state index contributed by atoms with van der Waals surface area (Å²) in [6.45, 7) is 0.747. The maximum atomic E-state index is 13.8. The number of nitriles is 1. The Labute approximate surface area is 127 Å². The summed E-state index contributed by atoms with van der Waals surface area (Å²) in [5, 5.41) is 8.92. The van der Waals surface area contributed by atoms with Crippen molar-refractivity contribution in [1.29, 1.82) is 5.26 Å². The second-order valence-electron chi connectivity index (χ2n) is 5.28. The smallest absolute Gasteiger partial charge is 0.226 e. The molecule has 1 saturated heterocycles. The lowest BCUT2D eigenvalue weighted by molar-refractivity contribution is 0.564. The molecule has 1 aliphatic rings. The molecule has 1 aromatic heterocycles. The van der Waals surface area contributed by atoms with E-state index in [1.54, 1.807) is 12.3 Å². The summed E-state index contributed by atoms with van der Waals surface area (Å²) in [6, 6.07) is 7.03. The van der Waals surface area contributed by atoms with Gasteiger partial charge in [0.2, 0.25) is 5.95 Å². The van der Waals surface area contributed by atoms with E-state index in [2.05, 4.69) is 9.97 Å². The zero-order valence-corrected chi connectivity index (χ0v) is 11.8. The van der Waals surface area contributed by atoms with Crippen molar-refractivity contribution in [3.63, 3.8) is 0 Å². The summed E-state index contributed by atoms with van der Waals surface area (Å²) in [5.41, 5.74) is 0.654. The highest BCUT2D eigenvalue weighted by Crippen LogP contribution is 2.26. The van der Waals surface area contributed by atoms with Crippen LogP contribution in [-0.4, -0.2) is 22.6 Å². The van der Waals surface area contributed by atoms with E-state index in [0.717, 1.165) is 31.5 Å². The lowest BCUT2D eigenvalue weighted by Gasteiger charge is -2.24. The summed E-state index contributed by atoms with van der Waals surface area (Å²) in [4.78, 5) is 10.4. The van der Waals surface area contributed by atoms with E-state index in [1.807, 2.05) is 11.0 Å². The predicted molar refractivity (Wildman–Crippen MR) is 77.2 cm³/mol. The van der Waals surface area contributed by atoms with Crippen LogP contribution in [-0.2, 0) is 6.42 Å². The second-order valence-corrected chi connectivity index (χ2v) is 5.28. The fourth-order valence-electron chi connectivity index (χ4n) is 2.81. The summed E-state index contributed by atoms with van der Waals surface area (Å²) >= 11 is 0. The Kier molecular flexibility index (Phi) is 3.96. The van der Waals surface area contributed by atoms with Crippen LogP contribution in [0.3, 0.4) is 0 Å². The molecule has 2 heterocycles. The minimum Gasteiger partial charge on any atom is -0.337 e. The van der Waals surface area contributed by atoms with Crippen LogP contribution in [0.1, 0.15) is 24.1 Å². The first-order chi connectivity index (χ1) is 10.7. The first-order valence-electron chi connectivity index (χ1n) is 7.11. The molecule has 0 saturated carbocycles. The van der Waals surface area contributed by atoms with Crippen molar-refractivity contribution >= 4 is 5.95 Å². The molecular formula is C16H14F2N4. The SMILES string of the molecule is N#Cc1ccnc(N2CCC[C@H]2Cc2cc(F)ccc2F)n1. The normalized spacial score (nSPS) is 17.5. The summed E-state index contributed by atoms with van der Waals surface area (Å²) in [7, 11) is 0. The largest absolute Gasteiger partial charge is 0.337 e. The third-order valence-corrected chi connectivity index (χ3v) is 3.85. The van der Waals surface area contributed by atoms with E-state index in [0.29, 0.717) is 23.6 Å². The van der Waals surface area contributed by atoms with Crippen LogP contribution >= 0.6 is 0 Å². The Morgan fingerprint density at radius 3 is 3.00 bits per heavy atom. The lowest BCUT2D eigenvalue weighted by Crippen LogP contribution is -2.32. The van der Waals surface area contributed by atoms with Gasteiger partial charge in [0.15, 0.2) is 0 Å². The summed E-state index contributed by atoms with van der Waals surface area (Å²) in [6.07, 6.45) is 3.72. The highest BCUT2D eigenvalue weighted by atomic mass is 19.1. The van der Waals surface area contributed by atoms with Gasteiger partial charge in [-0.15, -0.1) is 0 Å². The van der Waals surface area contributed by atoms with Crippen molar-refractivity contribution in [2.24, 2.45) is 0 Å². The predicted octanol–water partition coefficient (Wildman–Crippen LogP) is 2.84. The van der Waals surface area contributed by atoms with Crippen molar-refractivity contribution < 1.29 is 8.78 Å². The monoisotopic (exact) mass is 300 g/mol. The van der Waals surface area contributed by atoms with Crippen molar-refractivity contribution in [1.82, 2.24) is 9.97 Å². The van der Waals surface area contributed by atoms with Crippen LogP contribution in [0.5, 0.6) is 0 Å². The quantitative estimate of drug-likeness (QED) is 0.874. The van der Waals surface area contributed by atoms with E-state index >= 15 is 0 Å². The van der Waals surface area contributed by atoms with Gasteiger partial charge in [-0.3, -0.25) is 0 Å². The van der Waals surface area contributed by atoms with Crippen LogP contribution in [0, 0.1) is 23.0 Å². The third-order valence-electron chi connectivity index (χ3n) is 3.85. The number of benzene rings is 1.